The molecule has 1 aromatic carbocycles. The summed E-state index contributed by atoms with van der Waals surface area (Å²) in [7, 11) is 0. The quantitative estimate of drug-likeness (QED) is 0.733. The third-order valence-electron chi connectivity index (χ3n) is 2.94. The molecule has 0 atom stereocenters. The number of aromatic hydroxyl groups is 1. The Labute approximate surface area is 113 Å². The van der Waals surface area contributed by atoms with Crippen molar-refractivity contribution in [2.75, 3.05) is 0 Å². The smallest absolute Gasteiger partial charge is 0.123 e. The second kappa shape index (κ2) is 4.64. The lowest BCUT2D eigenvalue weighted by Crippen LogP contribution is -2.17. The molecule has 0 fully saturated rings. The van der Waals surface area contributed by atoms with Crippen molar-refractivity contribution in [2.24, 2.45) is 0 Å². The Morgan fingerprint density at radius 2 is 1.29 bits per heavy atom. The second-order valence-corrected chi connectivity index (χ2v) is 7.23. The third-order valence-corrected chi connectivity index (χ3v) is 3.59. The molecule has 0 saturated heterocycles. The molecule has 0 unspecified atom stereocenters. The van der Waals surface area contributed by atoms with E-state index in [0.717, 1.165) is 16.5 Å². The molecule has 1 rings (SSSR count). The molecular weight excluding hydrogens is 276 g/mol. The van der Waals surface area contributed by atoms with Crippen LogP contribution in [0.3, 0.4) is 0 Å². The summed E-state index contributed by atoms with van der Waals surface area (Å²) >= 11 is 3.50. The zero-order valence-corrected chi connectivity index (χ0v) is 13.3. The van der Waals surface area contributed by atoms with Gasteiger partial charge >= 0.3 is 0 Å². The van der Waals surface area contributed by atoms with Crippen LogP contribution in [0.1, 0.15) is 58.2 Å². The Kier molecular flexibility index (Phi) is 3.97. The third kappa shape index (κ3) is 3.25. The van der Waals surface area contributed by atoms with Crippen LogP contribution in [0.15, 0.2) is 12.1 Å². The lowest BCUT2D eigenvalue weighted by molar-refractivity contribution is 0.423. The van der Waals surface area contributed by atoms with Gasteiger partial charge in [0.1, 0.15) is 5.75 Å². The summed E-state index contributed by atoms with van der Waals surface area (Å²) in [6.45, 7) is 12.8. The van der Waals surface area contributed by atoms with Crippen LogP contribution in [-0.4, -0.2) is 5.11 Å². The largest absolute Gasteiger partial charge is 0.507 e. The SMILES string of the molecule is CC(C)(C)c1cc(CBr)cc(C(C)(C)C)c1O. The molecule has 0 aromatic heterocycles. The molecule has 0 heterocycles. The van der Waals surface area contributed by atoms with E-state index in [1.54, 1.807) is 0 Å². The predicted octanol–water partition coefficient (Wildman–Crippen LogP) is 4.88. The summed E-state index contributed by atoms with van der Waals surface area (Å²) in [6, 6.07) is 4.19. The lowest BCUT2D eigenvalue weighted by Gasteiger charge is -2.28. The maximum atomic E-state index is 10.5. The number of hydrogen-bond donors (Lipinski definition) is 1. The van der Waals surface area contributed by atoms with Crippen LogP contribution in [0.4, 0.5) is 0 Å². The number of hydrogen-bond acceptors (Lipinski definition) is 1. The molecule has 0 aliphatic carbocycles. The number of phenolic OH excluding ortho intramolecular Hbond substituents is 1. The van der Waals surface area contributed by atoms with Gasteiger partial charge < -0.3 is 5.11 Å². The van der Waals surface area contributed by atoms with Crippen molar-refractivity contribution in [2.45, 2.75) is 57.7 Å². The molecule has 1 aromatic rings. The molecular formula is C15H23BrO. The zero-order chi connectivity index (χ0) is 13.4. The summed E-state index contributed by atoms with van der Waals surface area (Å²) in [6.07, 6.45) is 0. The predicted molar refractivity (Wildman–Crippen MR) is 78.1 cm³/mol. The number of alkyl halides is 1. The van der Waals surface area contributed by atoms with Gasteiger partial charge in [0.25, 0.3) is 0 Å². The van der Waals surface area contributed by atoms with Crippen molar-refractivity contribution in [3.8, 4) is 5.75 Å². The summed E-state index contributed by atoms with van der Waals surface area (Å²) in [4.78, 5) is 0. The molecule has 2 heteroatoms. The first-order valence-electron chi connectivity index (χ1n) is 6.00. The molecule has 1 N–H and O–H groups in total. The normalized spacial score (nSPS) is 12.9. The van der Waals surface area contributed by atoms with Gasteiger partial charge in [-0.05, 0) is 27.5 Å². The average Bonchev–Trinajstić information content (AvgIpc) is 2.14. The van der Waals surface area contributed by atoms with E-state index in [0.29, 0.717) is 5.75 Å². The number of rotatable bonds is 1. The maximum absolute atomic E-state index is 10.5. The highest BCUT2D eigenvalue weighted by Crippen LogP contribution is 2.39. The van der Waals surface area contributed by atoms with Crippen LogP contribution >= 0.6 is 15.9 Å². The highest BCUT2D eigenvalue weighted by Gasteiger charge is 2.26. The van der Waals surface area contributed by atoms with Crippen molar-refractivity contribution in [1.29, 1.82) is 0 Å². The maximum Gasteiger partial charge on any atom is 0.123 e. The second-order valence-electron chi connectivity index (χ2n) is 6.67. The monoisotopic (exact) mass is 298 g/mol. The molecule has 96 valence electrons. The van der Waals surface area contributed by atoms with E-state index < -0.39 is 0 Å². The minimum absolute atomic E-state index is 0.0394. The number of halogens is 1. The van der Waals surface area contributed by atoms with E-state index >= 15 is 0 Å². The molecule has 0 radical (unpaired) electrons. The van der Waals surface area contributed by atoms with Gasteiger partial charge in [-0.15, -0.1) is 0 Å². The van der Waals surface area contributed by atoms with E-state index in [1.165, 1.54) is 5.56 Å². The highest BCUT2D eigenvalue weighted by molar-refractivity contribution is 9.08. The molecule has 0 saturated carbocycles. The van der Waals surface area contributed by atoms with E-state index in [4.69, 9.17) is 0 Å². The molecule has 0 bridgehead atoms. The summed E-state index contributed by atoms with van der Waals surface area (Å²) in [5.41, 5.74) is 3.20. The van der Waals surface area contributed by atoms with Crippen LogP contribution in [0.5, 0.6) is 5.75 Å². The van der Waals surface area contributed by atoms with Crippen molar-refractivity contribution in [1.82, 2.24) is 0 Å². The molecule has 0 spiro atoms. The Hall–Kier alpha value is -0.500. The van der Waals surface area contributed by atoms with Gasteiger partial charge in [-0.3, -0.25) is 0 Å². The topological polar surface area (TPSA) is 20.2 Å². The van der Waals surface area contributed by atoms with Crippen LogP contribution in [0.25, 0.3) is 0 Å². The minimum Gasteiger partial charge on any atom is -0.507 e. The summed E-state index contributed by atoms with van der Waals surface area (Å²) in [5.74, 6) is 0.453. The first-order valence-corrected chi connectivity index (χ1v) is 7.12. The first kappa shape index (κ1) is 14.6. The van der Waals surface area contributed by atoms with Crippen molar-refractivity contribution in [3.05, 3.63) is 28.8 Å². The highest BCUT2D eigenvalue weighted by atomic mass is 79.9. The van der Waals surface area contributed by atoms with Gasteiger partial charge in [0.15, 0.2) is 0 Å². The zero-order valence-electron chi connectivity index (χ0n) is 11.7. The fourth-order valence-corrected chi connectivity index (χ4v) is 2.24. The molecule has 0 aliphatic rings. The van der Waals surface area contributed by atoms with Crippen molar-refractivity contribution < 1.29 is 5.11 Å². The number of phenols is 1. The first-order chi connectivity index (χ1) is 7.57. The standard InChI is InChI=1S/C15H23BrO/c1-14(2,3)11-7-10(9-16)8-12(13(11)17)15(4,5)6/h7-8,17H,9H2,1-6H3. The Balaban J connectivity index is 3.53. The Bertz CT molecular complexity index is 373. The van der Waals surface area contributed by atoms with Gasteiger partial charge in [-0.25, -0.2) is 0 Å². The van der Waals surface area contributed by atoms with Gasteiger partial charge in [0, 0.05) is 5.33 Å². The van der Waals surface area contributed by atoms with Crippen molar-refractivity contribution in [3.63, 3.8) is 0 Å². The molecule has 17 heavy (non-hydrogen) atoms. The van der Waals surface area contributed by atoms with Gasteiger partial charge in [-0.2, -0.15) is 0 Å². The van der Waals surface area contributed by atoms with Crippen molar-refractivity contribution >= 4 is 15.9 Å². The van der Waals surface area contributed by atoms with Gasteiger partial charge in [-0.1, -0.05) is 69.6 Å². The van der Waals surface area contributed by atoms with Gasteiger partial charge in [0.05, 0.1) is 0 Å². The fourth-order valence-electron chi connectivity index (χ4n) is 1.91. The van der Waals surface area contributed by atoms with Crippen LogP contribution in [0.2, 0.25) is 0 Å². The molecule has 1 nitrogen and oxygen atoms in total. The van der Waals surface area contributed by atoms with E-state index in [2.05, 4.69) is 69.6 Å². The van der Waals surface area contributed by atoms with E-state index in [-0.39, 0.29) is 10.8 Å². The summed E-state index contributed by atoms with van der Waals surface area (Å²) in [5, 5.41) is 11.3. The van der Waals surface area contributed by atoms with E-state index in [1.807, 2.05) is 0 Å². The number of benzene rings is 1. The van der Waals surface area contributed by atoms with Crippen LogP contribution < -0.4 is 0 Å². The Morgan fingerprint density at radius 1 is 0.941 bits per heavy atom. The minimum atomic E-state index is -0.0394. The average molecular weight is 299 g/mol. The van der Waals surface area contributed by atoms with Crippen LogP contribution in [-0.2, 0) is 16.2 Å². The lowest BCUT2D eigenvalue weighted by atomic mass is 9.78. The van der Waals surface area contributed by atoms with E-state index in [9.17, 15) is 5.11 Å². The van der Waals surface area contributed by atoms with Gasteiger partial charge in [0.2, 0.25) is 0 Å². The molecule has 0 aliphatic heterocycles. The fraction of sp³-hybridized carbons (Fsp3) is 0.600. The molecule has 0 amide bonds. The summed E-state index contributed by atoms with van der Waals surface area (Å²) < 4.78 is 0. The van der Waals surface area contributed by atoms with Crippen LogP contribution in [0, 0.1) is 0 Å². The Morgan fingerprint density at radius 3 is 1.53 bits per heavy atom.